The summed E-state index contributed by atoms with van der Waals surface area (Å²) in [4.78, 5) is 11.1. The van der Waals surface area contributed by atoms with E-state index >= 15 is 0 Å². The maximum atomic E-state index is 6.55. The molecule has 0 N–H and O–H groups in total. The second-order valence-corrected chi connectivity index (χ2v) is 13.7. The SMILES string of the molecule is c1ccc2c(c1)ccc1nc(-c3ccc4c(c3)oc3ccccc34)c(-n3c4ccc5cccc6c5c4c4c5c(ccc43)oc3cccc-6c35)nc12. The Kier molecular flexibility index (Phi) is 4.57. The zero-order valence-corrected chi connectivity index (χ0v) is 26.9. The van der Waals surface area contributed by atoms with Gasteiger partial charge in [0, 0.05) is 43.3 Å². The maximum Gasteiger partial charge on any atom is 0.165 e. The van der Waals surface area contributed by atoms with Crippen LogP contribution in [-0.4, -0.2) is 14.5 Å². The molecular weight excluding hydrogens is 627 g/mol. The van der Waals surface area contributed by atoms with Crippen molar-refractivity contribution < 1.29 is 8.83 Å². The highest BCUT2D eigenvalue weighted by Crippen LogP contribution is 2.51. The van der Waals surface area contributed by atoms with E-state index in [0.29, 0.717) is 0 Å². The number of para-hydroxylation sites is 1. The minimum absolute atomic E-state index is 0.777. The van der Waals surface area contributed by atoms with Gasteiger partial charge < -0.3 is 8.83 Å². The lowest BCUT2D eigenvalue weighted by molar-refractivity contribution is 0.668. The molecule has 4 heterocycles. The van der Waals surface area contributed by atoms with Gasteiger partial charge in [0.15, 0.2) is 5.82 Å². The van der Waals surface area contributed by atoms with E-state index in [0.717, 1.165) is 93.8 Å². The van der Waals surface area contributed by atoms with Crippen LogP contribution in [0.25, 0.3) is 126 Å². The molecule has 5 nitrogen and oxygen atoms in total. The van der Waals surface area contributed by atoms with E-state index in [1.165, 1.54) is 32.7 Å². The van der Waals surface area contributed by atoms with Crippen molar-refractivity contribution >= 4 is 98.3 Å². The quantitative estimate of drug-likeness (QED) is 0.175. The van der Waals surface area contributed by atoms with Crippen molar-refractivity contribution in [1.29, 1.82) is 0 Å². The Balaban J connectivity index is 1.24. The summed E-state index contributed by atoms with van der Waals surface area (Å²) in [5.74, 6) is 0.777. The van der Waals surface area contributed by atoms with Gasteiger partial charge in [-0.25, -0.2) is 9.97 Å². The van der Waals surface area contributed by atoms with Gasteiger partial charge in [-0.15, -0.1) is 0 Å². The molecule has 4 aromatic heterocycles. The van der Waals surface area contributed by atoms with Gasteiger partial charge >= 0.3 is 0 Å². The molecule has 1 aliphatic carbocycles. The molecule has 8 aromatic carbocycles. The van der Waals surface area contributed by atoms with Crippen LogP contribution < -0.4 is 0 Å². The number of hydrogen-bond acceptors (Lipinski definition) is 4. The second kappa shape index (κ2) is 8.97. The Morgan fingerprint density at radius 1 is 0.431 bits per heavy atom. The van der Waals surface area contributed by atoms with Crippen LogP contribution >= 0.6 is 0 Å². The molecule has 0 radical (unpaired) electrons. The first-order valence-corrected chi connectivity index (χ1v) is 17.2. The first-order valence-electron chi connectivity index (χ1n) is 17.2. The predicted octanol–water partition coefficient (Wildman–Crippen LogP) is 12.5. The van der Waals surface area contributed by atoms with Gasteiger partial charge in [0.25, 0.3) is 0 Å². The fourth-order valence-electron chi connectivity index (χ4n) is 8.96. The van der Waals surface area contributed by atoms with Gasteiger partial charge in [0.2, 0.25) is 0 Å². The van der Waals surface area contributed by atoms with Gasteiger partial charge in [0.1, 0.15) is 28.0 Å². The van der Waals surface area contributed by atoms with Crippen molar-refractivity contribution in [1.82, 2.24) is 14.5 Å². The highest BCUT2D eigenvalue weighted by Gasteiger charge is 2.28. The summed E-state index contributed by atoms with van der Waals surface area (Å²) in [6, 6.07) is 49.1. The second-order valence-electron chi connectivity index (χ2n) is 13.7. The van der Waals surface area contributed by atoms with Crippen LogP contribution in [0.1, 0.15) is 0 Å². The number of furan rings is 2. The van der Waals surface area contributed by atoms with Gasteiger partial charge in [-0.3, -0.25) is 4.57 Å². The third-order valence-electron chi connectivity index (χ3n) is 11.1. The first-order chi connectivity index (χ1) is 25.3. The van der Waals surface area contributed by atoms with Gasteiger partial charge in [-0.1, -0.05) is 91.0 Å². The molecule has 0 fully saturated rings. The molecule has 5 heteroatoms. The average molecular weight is 650 g/mol. The zero-order valence-electron chi connectivity index (χ0n) is 26.9. The van der Waals surface area contributed by atoms with E-state index in [4.69, 9.17) is 18.8 Å². The number of hydrogen-bond donors (Lipinski definition) is 0. The number of aromatic nitrogens is 3. The molecule has 0 atom stereocenters. The summed E-state index contributed by atoms with van der Waals surface area (Å²) >= 11 is 0. The van der Waals surface area contributed by atoms with Crippen molar-refractivity contribution in [3.05, 3.63) is 140 Å². The lowest BCUT2D eigenvalue weighted by atomic mass is 9.95. The molecule has 0 amide bonds. The van der Waals surface area contributed by atoms with Crippen LogP contribution in [0.3, 0.4) is 0 Å². The van der Waals surface area contributed by atoms with Gasteiger partial charge in [-0.05, 0) is 75.8 Å². The van der Waals surface area contributed by atoms with Crippen molar-refractivity contribution in [2.75, 3.05) is 0 Å². The van der Waals surface area contributed by atoms with E-state index < -0.39 is 0 Å². The Morgan fingerprint density at radius 3 is 2.06 bits per heavy atom. The largest absolute Gasteiger partial charge is 0.456 e. The first kappa shape index (κ1) is 26.0. The minimum Gasteiger partial charge on any atom is -0.456 e. The fourth-order valence-corrected chi connectivity index (χ4v) is 8.96. The zero-order chi connectivity index (χ0) is 32.9. The van der Waals surface area contributed by atoms with Crippen LogP contribution in [0.5, 0.6) is 0 Å². The number of fused-ring (bicyclic) bond motifs is 7. The van der Waals surface area contributed by atoms with Crippen molar-refractivity contribution in [2.24, 2.45) is 0 Å². The summed E-state index contributed by atoms with van der Waals surface area (Å²) in [5, 5.41) is 11.6. The molecule has 13 rings (SSSR count). The highest BCUT2D eigenvalue weighted by molar-refractivity contribution is 6.38. The Hall–Kier alpha value is -6.98. The molecule has 0 saturated carbocycles. The van der Waals surface area contributed by atoms with Crippen molar-refractivity contribution in [2.45, 2.75) is 0 Å². The summed E-state index contributed by atoms with van der Waals surface area (Å²) in [6.45, 7) is 0. The Bertz CT molecular complexity index is 3550. The summed E-state index contributed by atoms with van der Waals surface area (Å²) in [6.07, 6.45) is 0. The summed E-state index contributed by atoms with van der Waals surface area (Å²) in [7, 11) is 0. The molecule has 234 valence electrons. The third kappa shape index (κ3) is 3.17. The fraction of sp³-hybridized carbons (Fsp3) is 0. The standard InChI is InChI=1S/C46H23N3O2/c1-2-9-27-24(7-1)16-19-32-45(27)48-46(44(47-32)26-15-18-29-28-10-3-4-13-35(28)50-38(29)23-26)49-33-20-17-25-8-5-11-30-31-12-6-14-36-40(31)43-37(51-36)22-21-34(49)42(43)41(33)39(25)30/h1-23H. The van der Waals surface area contributed by atoms with Crippen molar-refractivity contribution in [3.63, 3.8) is 0 Å². The number of rotatable bonds is 2. The van der Waals surface area contributed by atoms with Crippen LogP contribution in [0, 0.1) is 0 Å². The Morgan fingerprint density at radius 2 is 1.12 bits per heavy atom. The topological polar surface area (TPSA) is 57.0 Å². The highest BCUT2D eigenvalue weighted by atomic mass is 16.3. The normalized spacial score (nSPS) is 12.7. The van der Waals surface area contributed by atoms with E-state index in [1.807, 2.05) is 12.1 Å². The maximum absolute atomic E-state index is 6.55. The van der Waals surface area contributed by atoms with Gasteiger partial charge in [-0.2, -0.15) is 0 Å². The van der Waals surface area contributed by atoms with Crippen LogP contribution in [0.2, 0.25) is 0 Å². The minimum atomic E-state index is 0.777. The van der Waals surface area contributed by atoms with Crippen LogP contribution in [-0.2, 0) is 0 Å². The Labute approximate surface area is 288 Å². The van der Waals surface area contributed by atoms with E-state index in [2.05, 4.69) is 132 Å². The van der Waals surface area contributed by atoms with Crippen LogP contribution in [0.15, 0.2) is 148 Å². The van der Waals surface area contributed by atoms with E-state index in [-0.39, 0.29) is 0 Å². The lowest BCUT2D eigenvalue weighted by Gasteiger charge is -2.15. The molecule has 0 aliphatic heterocycles. The molecule has 1 aliphatic rings. The monoisotopic (exact) mass is 649 g/mol. The molecular formula is C46H23N3O2. The van der Waals surface area contributed by atoms with Gasteiger partial charge in [0.05, 0.1) is 22.1 Å². The smallest absolute Gasteiger partial charge is 0.165 e. The molecule has 51 heavy (non-hydrogen) atoms. The average Bonchev–Trinajstić information content (AvgIpc) is 3.83. The molecule has 0 saturated heterocycles. The molecule has 0 spiro atoms. The molecule has 0 bridgehead atoms. The number of nitrogens with zero attached hydrogens (tertiary/aromatic N) is 3. The molecule has 12 aromatic rings. The number of benzene rings is 8. The predicted molar refractivity (Wildman–Crippen MR) is 208 cm³/mol. The summed E-state index contributed by atoms with van der Waals surface area (Å²) < 4.78 is 15.3. The van der Waals surface area contributed by atoms with Crippen LogP contribution in [0.4, 0.5) is 0 Å². The molecule has 0 unspecified atom stereocenters. The summed E-state index contributed by atoms with van der Waals surface area (Å²) in [5.41, 5.74) is 11.5. The third-order valence-corrected chi connectivity index (χ3v) is 11.1. The van der Waals surface area contributed by atoms with Crippen molar-refractivity contribution in [3.8, 4) is 28.2 Å². The van der Waals surface area contributed by atoms with E-state index in [1.54, 1.807) is 0 Å². The van der Waals surface area contributed by atoms with E-state index in [9.17, 15) is 0 Å². The lowest BCUT2D eigenvalue weighted by Crippen LogP contribution is -2.04.